The van der Waals surface area contributed by atoms with Crippen LogP contribution in [0.3, 0.4) is 0 Å². The molecule has 0 fully saturated rings. The van der Waals surface area contributed by atoms with E-state index >= 15 is 0 Å². The van der Waals surface area contributed by atoms with E-state index in [2.05, 4.69) is 4.98 Å². The highest BCUT2D eigenvalue weighted by molar-refractivity contribution is 6.27. The highest BCUT2D eigenvalue weighted by atomic mass is 35.5. The molecule has 4 nitrogen and oxygen atoms in total. The molecule has 1 aromatic heterocycles. The maximum atomic E-state index is 10.4. The van der Waals surface area contributed by atoms with Crippen molar-refractivity contribution in [1.82, 2.24) is 4.98 Å². The van der Waals surface area contributed by atoms with Crippen LogP contribution in [0.4, 0.5) is 5.82 Å². The van der Waals surface area contributed by atoms with Gasteiger partial charge in [0.1, 0.15) is 6.20 Å². The fourth-order valence-corrected chi connectivity index (χ4v) is 0.896. The lowest BCUT2D eigenvalue weighted by Crippen LogP contribution is -1.93. The van der Waals surface area contributed by atoms with E-state index < -0.39 is 4.92 Å². The number of hydrogen-bond acceptors (Lipinski definition) is 3. The van der Waals surface area contributed by atoms with Gasteiger partial charge < -0.3 is 10.1 Å². The molecule has 1 aromatic rings. The third-order valence-electron chi connectivity index (χ3n) is 1.23. The standard InChI is InChI=1S/C7H5ClN2O2/c8-4-3-6-2-1-5-9-7(6)10(11)12/h1-5H/b4-3+. The van der Waals surface area contributed by atoms with Gasteiger partial charge in [-0.05, 0) is 28.1 Å². The summed E-state index contributed by atoms with van der Waals surface area (Å²) in [4.78, 5) is 13.4. The van der Waals surface area contributed by atoms with E-state index in [1.165, 1.54) is 17.8 Å². The zero-order valence-corrected chi connectivity index (χ0v) is 6.73. The lowest BCUT2D eigenvalue weighted by Gasteiger charge is -1.94. The molecule has 0 aromatic carbocycles. The molecule has 1 rings (SSSR count). The van der Waals surface area contributed by atoms with Gasteiger partial charge in [0.15, 0.2) is 0 Å². The molecule has 0 amide bonds. The number of nitro groups is 1. The summed E-state index contributed by atoms with van der Waals surface area (Å²) in [5.74, 6) is -0.186. The van der Waals surface area contributed by atoms with E-state index in [-0.39, 0.29) is 5.82 Å². The lowest BCUT2D eigenvalue weighted by atomic mass is 10.2. The van der Waals surface area contributed by atoms with Gasteiger partial charge in [-0.15, -0.1) is 0 Å². The van der Waals surface area contributed by atoms with Crippen molar-refractivity contribution in [2.45, 2.75) is 0 Å². The molecular weight excluding hydrogens is 180 g/mol. The van der Waals surface area contributed by atoms with Crippen molar-refractivity contribution in [3.8, 4) is 0 Å². The van der Waals surface area contributed by atoms with Crippen LogP contribution in [0.15, 0.2) is 23.9 Å². The second kappa shape index (κ2) is 3.82. The summed E-state index contributed by atoms with van der Waals surface area (Å²) in [6.07, 6.45) is 2.79. The van der Waals surface area contributed by atoms with Gasteiger partial charge in [0.25, 0.3) is 0 Å². The third kappa shape index (κ3) is 1.79. The van der Waals surface area contributed by atoms with E-state index in [1.54, 1.807) is 12.1 Å². The summed E-state index contributed by atoms with van der Waals surface area (Å²) in [5.41, 5.74) is 1.61. The van der Waals surface area contributed by atoms with Gasteiger partial charge in [-0.2, -0.15) is 0 Å². The van der Waals surface area contributed by atoms with Gasteiger partial charge in [0, 0.05) is 5.54 Å². The van der Waals surface area contributed by atoms with Gasteiger partial charge in [0.2, 0.25) is 0 Å². The zero-order chi connectivity index (χ0) is 8.97. The summed E-state index contributed by atoms with van der Waals surface area (Å²) in [7, 11) is 0. The normalized spacial score (nSPS) is 10.4. The molecule has 0 aliphatic rings. The Kier molecular flexibility index (Phi) is 2.76. The Morgan fingerprint density at radius 2 is 2.42 bits per heavy atom. The fraction of sp³-hybridized carbons (Fsp3) is 0. The van der Waals surface area contributed by atoms with Crippen molar-refractivity contribution in [3.63, 3.8) is 0 Å². The highest BCUT2D eigenvalue weighted by Crippen LogP contribution is 2.15. The maximum Gasteiger partial charge on any atom is 0.370 e. The first-order valence-electron chi connectivity index (χ1n) is 3.12. The maximum absolute atomic E-state index is 10.4. The molecule has 62 valence electrons. The zero-order valence-electron chi connectivity index (χ0n) is 5.98. The molecule has 0 saturated carbocycles. The minimum Gasteiger partial charge on any atom is -0.358 e. The smallest absolute Gasteiger partial charge is 0.358 e. The molecule has 0 spiro atoms. The second-order valence-electron chi connectivity index (χ2n) is 1.97. The largest absolute Gasteiger partial charge is 0.370 e. The first kappa shape index (κ1) is 8.67. The SMILES string of the molecule is O=[N+]([O-])c1ncccc1/C=C/Cl. The Labute approximate surface area is 73.6 Å². The van der Waals surface area contributed by atoms with Crippen LogP contribution >= 0.6 is 11.6 Å². The van der Waals surface area contributed by atoms with Crippen LogP contribution < -0.4 is 0 Å². The predicted octanol–water partition coefficient (Wildman–Crippen LogP) is 2.20. The van der Waals surface area contributed by atoms with Gasteiger partial charge in [0.05, 0.1) is 5.56 Å². The quantitative estimate of drug-likeness (QED) is 0.523. The number of pyridine rings is 1. The number of hydrogen-bond donors (Lipinski definition) is 0. The molecule has 5 heteroatoms. The number of aromatic nitrogens is 1. The molecule has 0 aliphatic carbocycles. The van der Waals surface area contributed by atoms with Crippen LogP contribution in [-0.4, -0.2) is 9.91 Å². The Bertz CT molecular complexity index is 325. The van der Waals surface area contributed by atoms with Gasteiger partial charge in [-0.3, -0.25) is 0 Å². The van der Waals surface area contributed by atoms with Crippen LogP contribution in [0, 0.1) is 10.1 Å². The first-order chi connectivity index (χ1) is 5.75. The third-order valence-corrected chi connectivity index (χ3v) is 1.36. The summed E-state index contributed by atoms with van der Waals surface area (Å²) in [6.45, 7) is 0. The minimum atomic E-state index is -0.549. The summed E-state index contributed by atoms with van der Waals surface area (Å²) >= 11 is 5.28. The molecule has 12 heavy (non-hydrogen) atoms. The van der Waals surface area contributed by atoms with Gasteiger partial charge in [-0.1, -0.05) is 11.6 Å². The van der Waals surface area contributed by atoms with Gasteiger partial charge in [-0.25, -0.2) is 0 Å². The highest BCUT2D eigenvalue weighted by Gasteiger charge is 2.10. The summed E-state index contributed by atoms with van der Waals surface area (Å²) < 4.78 is 0. The average molecular weight is 185 g/mol. The second-order valence-corrected chi connectivity index (χ2v) is 2.22. The molecule has 0 radical (unpaired) electrons. The summed E-state index contributed by atoms with van der Waals surface area (Å²) in [5, 5.41) is 10.4. The van der Waals surface area contributed by atoms with Crippen LogP contribution in [0.5, 0.6) is 0 Å². The predicted molar refractivity (Wildman–Crippen MR) is 45.8 cm³/mol. The van der Waals surface area contributed by atoms with E-state index in [0.29, 0.717) is 5.56 Å². The molecular formula is C7H5ClN2O2. The van der Waals surface area contributed by atoms with E-state index in [1.807, 2.05) is 0 Å². The Morgan fingerprint density at radius 1 is 1.67 bits per heavy atom. The van der Waals surface area contributed by atoms with Crippen molar-refractivity contribution in [3.05, 3.63) is 39.5 Å². The fourth-order valence-electron chi connectivity index (χ4n) is 0.760. The molecule has 0 atom stereocenters. The van der Waals surface area contributed by atoms with Crippen molar-refractivity contribution in [2.75, 3.05) is 0 Å². The Hall–Kier alpha value is -1.42. The molecule has 0 unspecified atom stereocenters. The van der Waals surface area contributed by atoms with E-state index in [9.17, 15) is 10.1 Å². The first-order valence-corrected chi connectivity index (χ1v) is 3.55. The molecule has 1 heterocycles. The van der Waals surface area contributed by atoms with Crippen molar-refractivity contribution in [1.29, 1.82) is 0 Å². The van der Waals surface area contributed by atoms with Crippen LogP contribution in [0.25, 0.3) is 6.08 Å². The van der Waals surface area contributed by atoms with E-state index in [4.69, 9.17) is 11.6 Å². The Morgan fingerprint density at radius 3 is 3.00 bits per heavy atom. The Balaban J connectivity index is 3.17. The molecule has 0 aliphatic heterocycles. The summed E-state index contributed by atoms with van der Waals surface area (Å²) in [6, 6.07) is 3.18. The molecule has 0 N–H and O–H groups in total. The average Bonchev–Trinajstić information content (AvgIpc) is 2.05. The topological polar surface area (TPSA) is 56.0 Å². The molecule has 0 bridgehead atoms. The van der Waals surface area contributed by atoms with Crippen LogP contribution in [0.1, 0.15) is 5.56 Å². The van der Waals surface area contributed by atoms with Crippen molar-refractivity contribution in [2.24, 2.45) is 0 Å². The number of halogens is 1. The van der Waals surface area contributed by atoms with Crippen LogP contribution in [-0.2, 0) is 0 Å². The van der Waals surface area contributed by atoms with Crippen molar-refractivity contribution >= 4 is 23.5 Å². The van der Waals surface area contributed by atoms with Gasteiger partial charge >= 0.3 is 5.82 Å². The van der Waals surface area contributed by atoms with E-state index in [0.717, 1.165) is 0 Å². The monoisotopic (exact) mass is 184 g/mol. The lowest BCUT2D eigenvalue weighted by molar-refractivity contribution is -0.389. The minimum absolute atomic E-state index is 0.186. The van der Waals surface area contributed by atoms with Crippen molar-refractivity contribution < 1.29 is 4.92 Å². The van der Waals surface area contributed by atoms with Crippen LogP contribution in [0.2, 0.25) is 0 Å². The number of nitrogens with zero attached hydrogens (tertiary/aromatic N) is 2. The molecule has 0 saturated heterocycles. The number of rotatable bonds is 2.